The highest BCUT2D eigenvalue weighted by molar-refractivity contribution is 9.10. The van der Waals surface area contributed by atoms with Crippen molar-refractivity contribution in [3.8, 4) is 5.75 Å². The molecule has 3 heterocycles. The minimum atomic E-state index is -0.166. The summed E-state index contributed by atoms with van der Waals surface area (Å²) >= 11 is 3.45. The molecule has 1 unspecified atom stereocenters. The number of hydrogen-bond donors (Lipinski definition) is 1. The van der Waals surface area contributed by atoms with E-state index in [-0.39, 0.29) is 12.0 Å². The summed E-state index contributed by atoms with van der Waals surface area (Å²) in [6.07, 6.45) is 5.70. The standard InChI is InChI=1S/C19H17BrN4O3/c20-16-3-1-2-4-17(16)26-12-15-9-14(23-27-15)10-22-19(25)13-5-6-18-21-7-8-24(18)11-13/h1-8,11,15H,9-10,12H2,(H,22,25). The maximum absolute atomic E-state index is 12.3. The number of nitrogens with one attached hydrogen (secondary N) is 1. The number of pyridine rings is 1. The molecule has 0 saturated heterocycles. The quantitative estimate of drug-likeness (QED) is 0.654. The third-order valence-electron chi connectivity index (χ3n) is 4.16. The maximum Gasteiger partial charge on any atom is 0.253 e. The molecule has 0 aliphatic carbocycles. The summed E-state index contributed by atoms with van der Waals surface area (Å²) in [5, 5.41) is 6.92. The molecular weight excluding hydrogens is 412 g/mol. The minimum Gasteiger partial charge on any atom is -0.488 e. The van der Waals surface area contributed by atoms with Crippen molar-refractivity contribution in [3.05, 3.63) is 65.0 Å². The lowest BCUT2D eigenvalue weighted by molar-refractivity contribution is 0.0468. The second kappa shape index (κ2) is 7.79. The van der Waals surface area contributed by atoms with Gasteiger partial charge in [0, 0.05) is 25.0 Å². The Bertz CT molecular complexity index is 1000. The fourth-order valence-electron chi connectivity index (χ4n) is 2.76. The van der Waals surface area contributed by atoms with Gasteiger partial charge in [-0.3, -0.25) is 4.79 Å². The molecule has 1 aliphatic heterocycles. The van der Waals surface area contributed by atoms with E-state index in [4.69, 9.17) is 9.57 Å². The van der Waals surface area contributed by atoms with Crippen molar-refractivity contribution in [2.75, 3.05) is 13.2 Å². The molecule has 138 valence electrons. The zero-order valence-electron chi connectivity index (χ0n) is 14.3. The molecule has 8 heteroatoms. The molecule has 0 saturated carbocycles. The van der Waals surface area contributed by atoms with Crippen LogP contribution in [0.3, 0.4) is 0 Å². The molecule has 1 amide bonds. The van der Waals surface area contributed by atoms with Crippen molar-refractivity contribution in [2.45, 2.75) is 12.5 Å². The number of benzene rings is 1. The molecule has 2 aromatic heterocycles. The van der Waals surface area contributed by atoms with Crippen LogP contribution in [0, 0.1) is 0 Å². The first kappa shape index (κ1) is 17.5. The lowest BCUT2D eigenvalue weighted by atomic mass is 10.2. The van der Waals surface area contributed by atoms with Gasteiger partial charge in [-0.2, -0.15) is 0 Å². The molecule has 0 radical (unpaired) electrons. The van der Waals surface area contributed by atoms with E-state index in [0.717, 1.165) is 21.6 Å². The number of carbonyl (C=O) groups is 1. The van der Waals surface area contributed by atoms with Crippen molar-refractivity contribution in [1.29, 1.82) is 0 Å². The van der Waals surface area contributed by atoms with Crippen LogP contribution < -0.4 is 10.1 Å². The number of ether oxygens (including phenoxy) is 1. The fourth-order valence-corrected chi connectivity index (χ4v) is 3.16. The normalized spacial score (nSPS) is 16.0. The first-order valence-corrected chi connectivity index (χ1v) is 9.28. The van der Waals surface area contributed by atoms with E-state index >= 15 is 0 Å². The van der Waals surface area contributed by atoms with Gasteiger partial charge >= 0.3 is 0 Å². The number of hydrogen-bond acceptors (Lipinski definition) is 5. The number of para-hydroxylation sites is 1. The van der Waals surface area contributed by atoms with Gasteiger partial charge in [0.05, 0.1) is 22.3 Å². The van der Waals surface area contributed by atoms with E-state index in [1.807, 2.05) is 24.3 Å². The highest BCUT2D eigenvalue weighted by Gasteiger charge is 2.22. The molecule has 1 aliphatic rings. The number of rotatable bonds is 6. The van der Waals surface area contributed by atoms with E-state index < -0.39 is 0 Å². The topological polar surface area (TPSA) is 77.2 Å². The van der Waals surface area contributed by atoms with Crippen LogP contribution in [0.4, 0.5) is 0 Å². The average molecular weight is 429 g/mol. The molecule has 1 N–H and O–H groups in total. The summed E-state index contributed by atoms with van der Waals surface area (Å²) in [7, 11) is 0. The average Bonchev–Trinajstić information content (AvgIpc) is 3.34. The Kier molecular flexibility index (Phi) is 5.06. The SMILES string of the molecule is O=C(NCC1=NOC(COc2ccccc2Br)C1)c1ccc2nccn2c1. The van der Waals surface area contributed by atoms with Crippen molar-refractivity contribution in [2.24, 2.45) is 5.16 Å². The van der Waals surface area contributed by atoms with Crippen molar-refractivity contribution in [3.63, 3.8) is 0 Å². The van der Waals surface area contributed by atoms with E-state index in [2.05, 4.69) is 31.4 Å². The van der Waals surface area contributed by atoms with Crippen LogP contribution in [0.15, 0.2) is 64.6 Å². The first-order valence-electron chi connectivity index (χ1n) is 8.49. The Morgan fingerprint density at radius 3 is 3.11 bits per heavy atom. The minimum absolute atomic E-state index is 0.161. The van der Waals surface area contributed by atoms with Gasteiger partial charge in [0.25, 0.3) is 5.91 Å². The molecular formula is C19H17BrN4O3. The predicted molar refractivity (Wildman–Crippen MR) is 104 cm³/mol. The number of imidazole rings is 1. The monoisotopic (exact) mass is 428 g/mol. The van der Waals surface area contributed by atoms with Gasteiger partial charge in [-0.1, -0.05) is 17.3 Å². The molecule has 3 aromatic rings. The highest BCUT2D eigenvalue weighted by atomic mass is 79.9. The number of halogens is 1. The van der Waals surface area contributed by atoms with Gasteiger partial charge < -0.3 is 19.3 Å². The van der Waals surface area contributed by atoms with Gasteiger partial charge in [0.1, 0.15) is 18.0 Å². The van der Waals surface area contributed by atoms with Crippen LogP contribution >= 0.6 is 15.9 Å². The maximum atomic E-state index is 12.3. The third kappa shape index (κ3) is 4.11. The smallest absolute Gasteiger partial charge is 0.253 e. The van der Waals surface area contributed by atoms with Crippen LogP contribution in [0.2, 0.25) is 0 Å². The number of fused-ring (bicyclic) bond motifs is 1. The zero-order chi connectivity index (χ0) is 18.6. The van der Waals surface area contributed by atoms with Gasteiger partial charge in [0.2, 0.25) is 0 Å². The number of carbonyl (C=O) groups excluding carboxylic acids is 1. The van der Waals surface area contributed by atoms with Crippen molar-refractivity contribution in [1.82, 2.24) is 14.7 Å². The summed E-state index contributed by atoms with van der Waals surface area (Å²) in [6, 6.07) is 11.2. The van der Waals surface area contributed by atoms with Gasteiger partial charge in [-0.05, 0) is 40.2 Å². The molecule has 0 bridgehead atoms. The second-order valence-corrected chi connectivity index (χ2v) is 6.98. The Balaban J connectivity index is 1.26. The van der Waals surface area contributed by atoms with Gasteiger partial charge in [-0.25, -0.2) is 4.98 Å². The van der Waals surface area contributed by atoms with Crippen molar-refractivity contribution >= 4 is 33.2 Å². The molecule has 0 spiro atoms. The fraction of sp³-hybridized carbons (Fsp3) is 0.211. The summed E-state index contributed by atoms with van der Waals surface area (Å²) < 4.78 is 8.46. The Morgan fingerprint density at radius 2 is 2.22 bits per heavy atom. The number of aromatic nitrogens is 2. The lowest BCUT2D eigenvalue weighted by Gasteiger charge is -2.11. The van der Waals surface area contributed by atoms with Crippen LogP contribution in [-0.2, 0) is 4.84 Å². The van der Waals surface area contributed by atoms with Crippen LogP contribution in [0.25, 0.3) is 5.65 Å². The first-order chi connectivity index (χ1) is 13.2. The highest BCUT2D eigenvalue weighted by Crippen LogP contribution is 2.24. The molecule has 0 fully saturated rings. The molecule has 27 heavy (non-hydrogen) atoms. The van der Waals surface area contributed by atoms with E-state index in [9.17, 15) is 4.79 Å². The predicted octanol–water partition coefficient (Wildman–Crippen LogP) is 3.05. The number of oxime groups is 1. The Morgan fingerprint density at radius 1 is 1.33 bits per heavy atom. The lowest BCUT2D eigenvalue weighted by Crippen LogP contribution is -2.30. The molecule has 7 nitrogen and oxygen atoms in total. The number of nitrogens with zero attached hydrogens (tertiary/aromatic N) is 3. The van der Waals surface area contributed by atoms with E-state index in [0.29, 0.717) is 25.1 Å². The summed E-state index contributed by atoms with van der Waals surface area (Å²) in [5.74, 6) is 0.596. The van der Waals surface area contributed by atoms with E-state index in [1.54, 1.807) is 35.1 Å². The Labute approximate surface area is 164 Å². The van der Waals surface area contributed by atoms with Gasteiger partial charge in [-0.15, -0.1) is 0 Å². The summed E-state index contributed by atoms with van der Waals surface area (Å²) in [4.78, 5) is 21.9. The summed E-state index contributed by atoms with van der Waals surface area (Å²) in [6.45, 7) is 0.729. The largest absolute Gasteiger partial charge is 0.488 e. The van der Waals surface area contributed by atoms with Crippen molar-refractivity contribution < 1.29 is 14.4 Å². The Hall–Kier alpha value is -2.87. The summed E-state index contributed by atoms with van der Waals surface area (Å²) in [5.41, 5.74) is 2.15. The zero-order valence-corrected chi connectivity index (χ0v) is 15.9. The van der Waals surface area contributed by atoms with Crippen LogP contribution in [-0.4, -0.2) is 40.3 Å². The number of amides is 1. The molecule has 4 rings (SSSR count). The van der Waals surface area contributed by atoms with Crippen LogP contribution in [0.1, 0.15) is 16.8 Å². The van der Waals surface area contributed by atoms with Gasteiger partial charge in [0.15, 0.2) is 6.10 Å². The van der Waals surface area contributed by atoms with E-state index in [1.165, 1.54) is 0 Å². The molecule has 1 aromatic carbocycles. The third-order valence-corrected chi connectivity index (χ3v) is 4.81. The van der Waals surface area contributed by atoms with Crippen LogP contribution in [0.5, 0.6) is 5.75 Å². The molecule has 1 atom stereocenters. The second-order valence-electron chi connectivity index (χ2n) is 6.12.